The van der Waals surface area contributed by atoms with Gasteiger partial charge in [0.05, 0.1) is 0 Å². The standard InChI is InChI=1S/C29H31NO5/c1-29(2,3)35-27(32)26(17-19-13-15-20(31)16-14-19)30(4)28(33)34-18-25-23-11-7-5-9-21(23)22-10-6-8-12-24(22)25/h5-16,25-26,31H,17-18H2,1-4H3/t26-/m0/s1. The molecular formula is C29H31NO5. The second kappa shape index (κ2) is 9.82. The number of carbonyl (C=O) groups excluding carboxylic acids is 2. The maximum absolute atomic E-state index is 13.1. The largest absolute Gasteiger partial charge is 0.508 e. The number of aromatic hydroxyl groups is 1. The molecule has 182 valence electrons. The van der Waals surface area contributed by atoms with Crippen LogP contribution in [0.5, 0.6) is 5.75 Å². The van der Waals surface area contributed by atoms with Gasteiger partial charge in [-0.25, -0.2) is 9.59 Å². The van der Waals surface area contributed by atoms with E-state index in [1.165, 1.54) is 4.90 Å². The highest BCUT2D eigenvalue weighted by molar-refractivity contribution is 5.82. The molecule has 0 saturated heterocycles. The third-order valence-electron chi connectivity index (χ3n) is 6.14. The first-order chi connectivity index (χ1) is 16.6. The van der Waals surface area contributed by atoms with Crippen molar-refractivity contribution in [3.8, 4) is 16.9 Å². The molecule has 0 aromatic heterocycles. The van der Waals surface area contributed by atoms with E-state index in [4.69, 9.17) is 9.47 Å². The molecule has 4 rings (SSSR count). The third-order valence-corrected chi connectivity index (χ3v) is 6.14. The average Bonchev–Trinajstić information content (AvgIpc) is 3.14. The number of phenolic OH excluding ortho intramolecular Hbond substituents is 1. The van der Waals surface area contributed by atoms with Gasteiger partial charge in [-0.3, -0.25) is 4.90 Å². The first-order valence-corrected chi connectivity index (χ1v) is 11.7. The summed E-state index contributed by atoms with van der Waals surface area (Å²) in [7, 11) is 1.55. The number of nitrogens with zero attached hydrogens (tertiary/aromatic N) is 1. The molecule has 3 aromatic carbocycles. The molecular weight excluding hydrogens is 442 g/mol. The molecule has 0 unspecified atom stereocenters. The fourth-order valence-corrected chi connectivity index (χ4v) is 4.43. The Hall–Kier alpha value is -3.80. The second-order valence-electron chi connectivity index (χ2n) is 9.83. The predicted molar refractivity (Wildman–Crippen MR) is 134 cm³/mol. The molecule has 0 bridgehead atoms. The quantitative estimate of drug-likeness (QED) is 0.477. The SMILES string of the molecule is CN(C(=O)OCC1c2ccccc2-c2ccccc21)[C@@H](Cc1ccc(O)cc1)C(=O)OC(C)(C)C. The maximum Gasteiger partial charge on any atom is 0.410 e. The van der Waals surface area contributed by atoms with Crippen LogP contribution in [-0.4, -0.2) is 47.4 Å². The number of phenols is 1. The molecule has 0 spiro atoms. The summed E-state index contributed by atoms with van der Waals surface area (Å²) >= 11 is 0. The van der Waals surface area contributed by atoms with Crippen molar-refractivity contribution in [3.63, 3.8) is 0 Å². The molecule has 1 amide bonds. The van der Waals surface area contributed by atoms with E-state index in [2.05, 4.69) is 24.3 Å². The smallest absolute Gasteiger partial charge is 0.410 e. The van der Waals surface area contributed by atoms with E-state index >= 15 is 0 Å². The Morgan fingerprint density at radius 1 is 0.914 bits per heavy atom. The highest BCUT2D eigenvalue weighted by atomic mass is 16.6. The lowest BCUT2D eigenvalue weighted by molar-refractivity contribution is -0.160. The van der Waals surface area contributed by atoms with Crippen molar-refractivity contribution >= 4 is 12.1 Å². The molecule has 1 aliphatic rings. The second-order valence-corrected chi connectivity index (χ2v) is 9.83. The van der Waals surface area contributed by atoms with Crippen molar-refractivity contribution in [2.75, 3.05) is 13.7 Å². The molecule has 0 radical (unpaired) electrons. The van der Waals surface area contributed by atoms with Gasteiger partial charge in [0.15, 0.2) is 0 Å². The molecule has 35 heavy (non-hydrogen) atoms. The van der Waals surface area contributed by atoms with E-state index in [9.17, 15) is 14.7 Å². The van der Waals surface area contributed by atoms with Crippen LogP contribution in [0.1, 0.15) is 43.4 Å². The van der Waals surface area contributed by atoms with Crippen molar-refractivity contribution < 1.29 is 24.2 Å². The Kier molecular flexibility index (Phi) is 6.83. The van der Waals surface area contributed by atoms with Crippen molar-refractivity contribution in [3.05, 3.63) is 89.5 Å². The van der Waals surface area contributed by atoms with Gasteiger partial charge in [-0.1, -0.05) is 60.7 Å². The molecule has 6 nitrogen and oxygen atoms in total. The van der Waals surface area contributed by atoms with Crippen LogP contribution >= 0.6 is 0 Å². The summed E-state index contributed by atoms with van der Waals surface area (Å²) in [5.41, 5.74) is 4.63. The highest BCUT2D eigenvalue weighted by Gasteiger charge is 2.34. The Morgan fingerprint density at radius 3 is 2.00 bits per heavy atom. The minimum absolute atomic E-state index is 0.0724. The summed E-state index contributed by atoms with van der Waals surface area (Å²) in [4.78, 5) is 27.5. The maximum atomic E-state index is 13.1. The Morgan fingerprint density at radius 2 is 1.46 bits per heavy atom. The molecule has 0 fully saturated rings. The van der Waals surface area contributed by atoms with E-state index in [1.54, 1.807) is 52.1 Å². The molecule has 6 heteroatoms. The Labute approximate surface area is 206 Å². The van der Waals surface area contributed by atoms with Crippen LogP contribution in [0.2, 0.25) is 0 Å². The van der Waals surface area contributed by atoms with Gasteiger partial charge in [-0.05, 0) is 60.7 Å². The third kappa shape index (κ3) is 5.48. The number of amides is 1. The number of benzene rings is 3. The minimum Gasteiger partial charge on any atom is -0.508 e. The van der Waals surface area contributed by atoms with E-state index in [0.717, 1.165) is 27.8 Å². The van der Waals surface area contributed by atoms with Gasteiger partial charge in [0, 0.05) is 19.4 Å². The van der Waals surface area contributed by atoms with E-state index in [1.807, 2.05) is 24.3 Å². The molecule has 1 aliphatic carbocycles. The summed E-state index contributed by atoms with van der Waals surface area (Å²) in [6, 6.07) is 21.9. The number of hydrogen-bond acceptors (Lipinski definition) is 5. The highest BCUT2D eigenvalue weighted by Crippen LogP contribution is 2.44. The van der Waals surface area contributed by atoms with Crippen LogP contribution in [0.3, 0.4) is 0 Å². The summed E-state index contributed by atoms with van der Waals surface area (Å²) in [6.45, 7) is 5.53. The normalized spacial score (nSPS) is 13.5. The number of rotatable bonds is 6. The molecule has 3 aromatic rings. The molecule has 0 heterocycles. The van der Waals surface area contributed by atoms with E-state index in [-0.39, 0.29) is 24.7 Å². The summed E-state index contributed by atoms with van der Waals surface area (Å²) in [6.07, 6.45) is -0.364. The molecule has 1 N–H and O–H groups in total. The number of carbonyl (C=O) groups is 2. The van der Waals surface area contributed by atoms with Crippen molar-refractivity contribution in [2.45, 2.75) is 44.8 Å². The monoisotopic (exact) mass is 473 g/mol. The predicted octanol–water partition coefficient (Wildman–Crippen LogP) is 5.53. The van der Waals surface area contributed by atoms with Crippen LogP contribution < -0.4 is 0 Å². The van der Waals surface area contributed by atoms with Crippen molar-refractivity contribution in [2.24, 2.45) is 0 Å². The minimum atomic E-state index is -0.880. The van der Waals surface area contributed by atoms with E-state index in [0.29, 0.717) is 0 Å². The summed E-state index contributed by atoms with van der Waals surface area (Å²) < 4.78 is 11.4. The van der Waals surface area contributed by atoms with Gasteiger partial charge in [0.1, 0.15) is 24.0 Å². The van der Waals surface area contributed by atoms with Crippen LogP contribution in [0.4, 0.5) is 4.79 Å². The summed E-state index contributed by atoms with van der Waals surface area (Å²) in [5, 5.41) is 9.59. The zero-order valence-corrected chi connectivity index (χ0v) is 20.5. The van der Waals surface area contributed by atoms with Gasteiger partial charge in [-0.15, -0.1) is 0 Å². The zero-order chi connectivity index (χ0) is 25.2. The van der Waals surface area contributed by atoms with E-state index < -0.39 is 23.7 Å². The van der Waals surface area contributed by atoms with Crippen LogP contribution in [0.25, 0.3) is 11.1 Å². The molecule has 1 atom stereocenters. The molecule has 0 aliphatic heterocycles. The van der Waals surface area contributed by atoms with Crippen LogP contribution in [0, 0.1) is 0 Å². The molecule has 0 saturated carbocycles. The number of esters is 1. The van der Waals surface area contributed by atoms with Crippen molar-refractivity contribution in [1.29, 1.82) is 0 Å². The van der Waals surface area contributed by atoms with Gasteiger partial charge < -0.3 is 14.6 Å². The topological polar surface area (TPSA) is 76.1 Å². The fourth-order valence-electron chi connectivity index (χ4n) is 4.43. The van der Waals surface area contributed by atoms with Gasteiger partial charge in [0.25, 0.3) is 0 Å². The Balaban J connectivity index is 1.51. The van der Waals surface area contributed by atoms with Crippen molar-refractivity contribution in [1.82, 2.24) is 4.90 Å². The number of fused-ring (bicyclic) bond motifs is 3. The lowest BCUT2D eigenvalue weighted by atomic mass is 9.98. The average molecular weight is 474 g/mol. The number of likely N-dealkylation sites (N-methyl/N-ethyl adjacent to an activating group) is 1. The van der Waals surface area contributed by atoms with Crippen LogP contribution in [0.15, 0.2) is 72.8 Å². The lowest BCUT2D eigenvalue weighted by Gasteiger charge is -2.30. The van der Waals surface area contributed by atoms with Crippen LogP contribution in [-0.2, 0) is 20.7 Å². The zero-order valence-electron chi connectivity index (χ0n) is 20.5. The fraction of sp³-hybridized carbons (Fsp3) is 0.310. The summed E-state index contributed by atoms with van der Waals surface area (Å²) in [5.74, 6) is -0.453. The number of ether oxygens (including phenoxy) is 2. The first kappa shape index (κ1) is 24.3. The lowest BCUT2D eigenvalue weighted by Crippen LogP contribution is -2.47. The number of hydrogen-bond donors (Lipinski definition) is 1. The van der Waals surface area contributed by atoms with Gasteiger partial charge in [-0.2, -0.15) is 0 Å². The first-order valence-electron chi connectivity index (χ1n) is 11.7. The van der Waals surface area contributed by atoms with Gasteiger partial charge in [0.2, 0.25) is 0 Å². The van der Waals surface area contributed by atoms with Gasteiger partial charge >= 0.3 is 12.1 Å². The Bertz CT molecular complexity index is 1170.